The van der Waals surface area contributed by atoms with E-state index in [4.69, 9.17) is 9.84 Å². The summed E-state index contributed by atoms with van der Waals surface area (Å²) in [5.74, 6) is -0.629. The molecule has 2 amide bonds. The van der Waals surface area contributed by atoms with Gasteiger partial charge in [-0.2, -0.15) is 0 Å². The van der Waals surface area contributed by atoms with Crippen molar-refractivity contribution in [2.75, 3.05) is 19.0 Å². The molecule has 0 aliphatic carbocycles. The lowest BCUT2D eigenvalue weighted by Gasteiger charge is -2.26. The first kappa shape index (κ1) is 16.8. The van der Waals surface area contributed by atoms with Crippen LogP contribution in [0.1, 0.15) is 37.6 Å². The van der Waals surface area contributed by atoms with E-state index in [1.807, 2.05) is 20.8 Å². The lowest BCUT2D eigenvalue weighted by Crippen LogP contribution is -2.40. The summed E-state index contributed by atoms with van der Waals surface area (Å²) in [6.45, 7) is 6.49. The number of carboxylic acid groups (broad SMARTS) is 1. The van der Waals surface area contributed by atoms with Gasteiger partial charge < -0.3 is 20.1 Å². The van der Waals surface area contributed by atoms with Crippen LogP contribution in [0.3, 0.4) is 0 Å². The number of ether oxygens (including phenoxy) is 1. The standard InChI is InChI=1S/C15H22N2O4/c1-5-8-17(10(2)3)15(20)16-12-9-11(14(18)19)6-7-13(12)21-4/h6-7,9-10H,5,8H2,1-4H3,(H,16,20)(H,18,19). The number of methoxy groups -OCH3 is 1. The Morgan fingerprint density at radius 3 is 2.52 bits per heavy atom. The average Bonchev–Trinajstić information content (AvgIpc) is 2.43. The molecular weight excluding hydrogens is 272 g/mol. The number of benzene rings is 1. The number of carbonyl (C=O) groups is 2. The van der Waals surface area contributed by atoms with E-state index in [2.05, 4.69) is 5.32 Å². The number of aromatic carboxylic acids is 1. The van der Waals surface area contributed by atoms with Crippen LogP contribution in [0, 0.1) is 0 Å². The van der Waals surface area contributed by atoms with E-state index in [1.54, 1.807) is 4.90 Å². The molecule has 0 radical (unpaired) electrons. The van der Waals surface area contributed by atoms with Crippen LogP contribution in [0.4, 0.5) is 10.5 Å². The summed E-state index contributed by atoms with van der Waals surface area (Å²) in [6.07, 6.45) is 0.845. The van der Waals surface area contributed by atoms with Crippen molar-refractivity contribution < 1.29 is 19.4 Å². The van der Waals surface area contributed by atoms with Gasteiger partial charge in [0.2, 0.25) is 0 Å². The Hall–Kier alpha value is -2.24. The first-order chi connectivity index (χ1) is 9.90. The quantitative estimate of drug-likeness (QED) is 0.845. The fraction of sp³-hybridized carbons (Fsp3) is 0.467. The fourth-order valence-corrected chi connectivity index (χ4v) is 1.96. The zero-order valence-corrected chi connectivity index (χ0v) is 12.8. The number of hydrogen-bond acceptors (Lipinski definition) is 3. The molecule has 6 nitrogen and oxygen atoms in total. The highest BCUT2D eigenvalue weighted by Gasteiger charge is 2.18. The van der Waals surface area contributed by atoms with Crippen molar-refractivity contribution >= 4 is 17.7 Å². The van der Waals surface area contributed by atoms with Crippen LogP contribution in [0.2, 0.25) is 0 Å². The van der Waals surface area contributed by atoms with E-state index in [-0.39, 0.29) is 17.6 Å². The molecule has 21 heavy (non-hydrogen) atoms. The Labute approximate surface area is 124 Å². The number of amides is 2. The summed E-state index contributed by atoms with van der Waals surface area (Å²) in [5.41, 5.74) is 0.446. The van der Waals surface area contributed by atoms with Crippen LogP contribution in [0.15, 0.2) is 18.2 Å². The molecule has 6 heteroatoms. The van der Waals surface area contributed by atoms with E-state index in [9.17, 15) is 9.59 Å². The number of nitrogens with zero attached hydrogens (tertiary/aromatic N) is 1. The van der Waals surface area contributed by atoms with Gasteiger partial charge in [-0.05, 0) is 38.5 Å². The fourth-order valence-electron chi connectivity index (χ4n) is 1.96. The van der Waals surface area contributed by atoms with Gasteiger partial charge in [-0.25, -0.2) is 9.59 Å². The molecule has 1 aromatic carbocycles. The van der Waals surface area contributed by atoms with Crippen LogP contribution >= 0.6 is 0 Å². The summed E-state index contributed by atoms with van der Waals surface area (Å²) < 4.78 is 5.15. The third-order valence-electron chi connectivity index (χ3n) is 3.04. The molecule has 2 N–H and O–H groups in total. The van der Waals surface area contributed by atoms with E-state index < -0.39 is 5.97 Å². The summed E-state index contributed by atoms with van der Waals surface area (Å²) in [6, 6.07) is 4.14. The molecule has 0 fully saturated rings. The van der Waals surface area contributed by atoms with Gasteiger partial charge in [0.05, 0.1) is 18.4 Å². The number of rotatable bonds is 6. The van der Waals surface area contributed by atoms with Gasteiger partial charge in [-0.3, -0.25) is 0 Å². The minimum absolute atomic E-state index is 0.0543. The van der Waals surface area contributed by atoms with Crippen LogP contribution in [-0.4, -0.2) is 41.7 Å². The molecule has 0 spiro atoms. The highest BCUT2D eigenvalue weighted by Crippen LogP contribution is 2.26. The van der Waals surface area contributed by atoms with E-state index in [0.29, 0.717) is 18.0 Å². The topological polar surface area (TPSA) is 78.9 Å². The minimum atomic E-state index is -1.05. The van der Waals surface area contributed by atoms with Gasteiger partial charge in [0.1, 0.15) is 5.75 Å². The summed E-state index contributed by atoms with van der Waals surface area (Å²) >= 11 is 0. The Morgan fingerprint density at radius 1 is 1.38 bits per heavy atom. The Kier molecular flexibility index (Phi) is 6.02. The van der Waals surface area contributed by atoms with Gasteiger partial charge >= 0.3 is 12.0 Å². The van der Waals surface area contributed by atoms with Crippen LogP contribution in [-0.2, 0) is 0 Å². The first-order valence-corrected chi connectivity index (χ1v) is 6.89. The zero-order valence-electron chi connectivity index (χ0n) is 12.8. The molecule has 0 aromatic heterocycles. The molecule has 0 saturated carbocycles. The average molecular weight is 294 g/mol. The van der Waals surface area contributed by atoms with Gasteiger partial charge in [-0.1, -0.05) is 6.92 Å². The van der Waals surface area contributed by atoms with Crippen LogP contribution in [0.25, 0.3) is 0 Å². The van der Waals surface area contributed by atoms with Crippen molar-refractivity contribution in [1.82, 2.24) is 4.90 Å². The smallest absolute Gasteiger partial charge is 0.335 e. The number of hydrogen-bond donors (Lipinski definition) is 2. The third kappa shape index (κ3) is 4.37. The zero-order chi connectivity index (χ0) is 16.0. The monoisotopic (exact) mass is 294 g/mol. The summed E-state index contributed by atoms with van der Waals surface area (Å²) in [5, 5.41) is 11.7. The number of carboxylic acids is 1. The third-order valence-corrected chi connectivity index (χ3v) is 3.04. The second-order valence-electron chi connectivity index (χ2n) is 4.94. The van der Waals surface area contributed by atoms with Gasteiger partial charge in [-0.15, -0.1) is 0 Å². The maximum atomic E-state index is 12.3. The molecule has 1 rings (SSSR count). The largest absolute Gasteiger partial charge is 0.495 e. The SMILES string of the molecule is CCCN(C(=O)Nc1cc(C(=O)O)ccc1OC)C(C)C. The Balaban J connectivity index is 3.01. The molecule has 0 atom stereocenters. The summed E-state index contributed by atoms with van der Waals surface area (Å²) in [4.78, 5) is 25.0. The Bertz CT molecular complexity index is 514. The number of nitrogens with one attached hydrogen (secondary N) is 1. The van der Waals surface area contributed by atoms with Crippen molar-refractivity contribution in [1.29, 1.82) is 0 Å². The number of carbonyl (C=O) groups excluding carboxylic acids is 1. The molecular formula is C15H22N2O4. The first-order valence-electron chi connectivity index (χ1n) is 6.89. The molecule has 1 aromatic rings. The van der Waals surface area contributed by atoms with Gasteiger partial charge in [0.15, 0.2) is 0 Å². The maximum Gasteiger partial charge on any atom is 0.335 e. The van der Waals surface area contributed by atoms with Gasteiger partial charge in [0, 0.05) is 12.6 Å². The molecule has 0 aliphatic rings. The Morgan fingerprint density at radius 2 is 2.05 bits per heavy atom. The van der Waals surface area contributed by atoms with Crippen LogP contribution < -0.4 is 10.1 Å². The van der Waals surface area contributed by atoms with Gasteiger partial charge in [0.25, 0.3) is 0 Å². The molecule has 0 heterocycles. The van der Waals surface area contributed by atoms with E-state index in [1.165, 1.54) is 25.3 Å². The predicted molar refractivity (Wildman–Crippen MR) is 81.1 cm³/mol. The summed E-state index contributed by atoms with van der Waals surface area (Å²) in [7, 11) is 1.47. The lowest BCUT2D eigenvalue weighted by molar-refractivity contribution is 0.0697. The number of anilines is 1. The van der Waals surface area contributed by atoms with Crippen molar-refractivity contribution in [3.8, 4) is 5.75 Å². The predicted octanol–water partition coefficient (Wildman–Crippen LogP) is 3.05. The molecule has 0 saturated heterocycles. The molecule has 0 aliphatic heterocycles. The molecule has 0 unspecified atom stereocenters. The highest BCUT2D eigenvalue weighted by atomic mass is 16.5. The van der Waals surface area contributed by atoms with Crippen LogP contribution in [0.5, 0.6) is 5.75 Å². The van der Waals surface area contributed by atoms with Crippen molar-refractivity contribution in [2.24, 2.45) is 0 Å². The highest BCUT2D eigenvalue weighted by molar-refractivity contribution is 5.95. The second-order valence-corrected chi connectivity index (χ2v) is 4.94. The van der Waals surface area contributed by atoms with E-state index >= 15 is 0 Å². The van der Waals surface area contributed by atoms with Crippen molar-refractivity contribution in [2.45, 2.75) is 33.2 Å². The van der Waals surface area contributed by atoms with E-state index in [0.717, 1.165) is 6.42 Å². The van der Waals surface area contributed by atoms with Crippen molar-refractivity contribution in [3.05, 3.63) is 23.8 Å². The second kappa shape index (κ2) is 7.52. The maximum absolute atomic E-state index is 12.3. The minimum Gasteiger partial charge on any atom is -0.495 e. The lowest BCUT2D eigenvalue weighted by atomic mass is 10.2. The molecule has 116 valence electrons. The molecule has 0 bridgehead atoms. The van der Waals surface area contributed by atoms with Crippen molar-refractivity contribution in [3.63, 3.8) is 0 Å². The number of urea groups is 1. The normalized spacial score (nSPS) is 10.3.